The van der Waals surface area contributed by atoms with Crippen LogP contribution in [0.25, 0.3) is 0 Å². The number of para-hydroxylation sites is 1. The first-order valence-corrected chi connectivity index (χ1v) is 13.5. The number of amides is 1. The van der Waals surface area contributed by atoms with Gasteiger partial charge in [0, 0.05) is 31.1 Å². The predicted molar refractivity (Wildman–Crippen MR) is 132 cm³/mol. The third-order valence-electron chi connectivity index (χ3n) is 6.99. The lowest BCUT2D eigenvalue weighted by atomic mass is 9.96. The van der Waals surface area contributed by atoms with Crippen LogP contribution in [0.15, 0.2) is 53.4 Å². The highest BCUT2D eigenvalue weighted by atomic mass is 32.2. The van der Waals surface area contributed by atoms with Crippen LogP contribution in [-0.4, -0.2) is 63.4 Å². The maximum atomic E-state index is 13.0. The van der Waals surface area contributed by atoms with Crippen LogP contribution in [-0.2, 0) is 14.8 Å². The van der Waals surface area contributed by atoms with Crippen LogP contribution in [0.4, 0.5) is 0 Å². The Kier molecular flexibility index (Phi) is 8.06. The van der Waals surface area contributed by atoms with Crippen LogP contribution in [0.5, 0.6) is 5.75 Å². The van der Waals surface area contributed by atoms with E-state index in [1.165, 1.54) is 28.6 Å². The van der Waals surface area contributed by atoms with E-state index in [0.717, 1.165) is 37.2 Å². The maximum absolute atomic E-state index is 13.0. The van der Waals surface area contributed by atoms with Gasteiger partial charge in [-0.25, -0.2) is 8.42 Å². The summed E-state index contributed by atoms with van der Waals surface area (Å²) in [6.07, 6.45) is 3.24. The molecule has 0 saturated carbocycles. The minimum atomic E-state index is -3.65. The molecule has 0 aliphatic carbocycles. The van der Waals surface area contributed by atoms with Gasteiger partial charge in [0.2, 0.25) is 15.9 Å². The number of likely N-dealkylation sites (tertiary alicyclic amines) is 1. The van der Waals surface area contributed by atoms with Crippen molar-refractivity contribution in [1.82, 2.24) is 14.5 Å². The summed E-state index contributed by atoms with van der Waals surface area (Å²) in [5.74, 6) is 0.568. The third-order valence-corrected chi connectivity index (χ3v) is 8.91. The Morgan fingerprint density at radius 1 is 1.09 bits per heavy atom. The largest absolute Gasteiger partial charge is 0.496 e. The number of ether oxygens (including phenoxy) is 1. The van der Waals surface area contributed by atoms with E-state index in [0.29, 0.717) is 38.0 Å². The second-order valence-electron chi connectivity index (χ2n) is 9.06. The highest BCUT2D eigenvalue weighted by molar-refractivity contribution is 7.89. The highest BCUT2D eigenvalue weighted by Crippen LogP contribution is 2.31. The number of hydrogen-bond acceptors (Lipinski definition) is 6. The summed E-state index contributed by atoms with van der Waals surface area (Å²) >= 11 is 0. The summed E-state index contributed by atoms with van der Waals surface area (Å²) in [6, 6.07) is 15.9. The molecule has 1 amide bonds. The molecule has 2 fully saturated rings. The van der Waals surface area contributed by atoms with Gasteiger partial charge in [-0.2, -0.15) is 9.57 Å². The van der Waals surface area contributed by atoms with Crippen molar-refractivity contribution in [2.45, 2.75) is 36.6 Å². The standard InChI is InChI=1S/C26H32N4O4S/c1-34-25-7-3-2-6-23(25)24(29-14-4-5-15-29)19-28-26(31)21-12-16-30(17-13-21)35(32,33)22-10-8-20(18-27)9-11-22/h2-3,6-11,21,24H,4-5,12-17,19H2,1H3,(H,28,31)/t24-/m0/s1. The molecule has 0 radical (unpaired) electrons. The van der Waals surface area contributed by atoms with Gasteiger partial charge in [0.05, 0.1) is 29.7 Å². The molecule has 1 atom stereocenters. The molecule has 4 rings (SSSR count). The first-order valence-electron chi connectivity index (χ1n) is 12.1. The number of carbonyl (C=O) groups excluding carboxylic acids is 1. The lowest BCUT2D eigenvalue weighted by Gasteiger charge is -2.32. The Labute approximate surface area is 207 Å². The number of nitrogens with zero attached hydrogens (tertiary/aromatic N) is 3. The summed E-state index contributed by atoms with van der Waals surface area (Å²) in [5.41, 5.74) is 1.49. The van der Waals surface area contributed by atoms with E-state index in [2.05, 4.69) is 16.3 Å². The second-order valence-corrected chi connectivity index (χ2v) is 11.0. The number of hydrogen-bond donors (Lipinski definition) is 1. The smallest absolute Gasteiger partial charge is 0.243 e. The molecule has 9 heteroatoms. The minimum Gasteiger partial charge on any atom is -0.496 e. The molecule has 2 saturated heterocycles. The lowest BCUT2D eigenvalue weighted by molar-refractivity contribution is -0.126. The molecule has 0 aromatic heterocycles. The van der Waals surface area contributed by atoms with E-state index < -0.39 is 10.0 Å². The molecular formula is C26H32N4O4S. The van der Waals surface area contributed by atoms with E-state index in [1.54, 1.807) is 7.11 Å². The van der Waals surface area contributed by atoms with Crippen molar-refractivity contribution in [3.05, 3.63) is 59.7 Å². The Morgan fingerprint density at radius 3 is 2.37 bits per heavy atom. The van der Waals surface area contributed by atoms with Crippen LogP contribution in [0, 0.1) is 17.2 Å². The average Bonchev–Trinajstić information content (AvgIpc) is 3.44. The zero-order valence-electron chi connectivity index (χ0n) is 20.0. The fraction of sp³-hybridized carbons (Fsp3) is 0.462. The molecule has 35 heavy (non-hydrogen) atoms. The lowest BCUT2D eigenvalue weighted by Crippen LogP contribution is -2.44. The molecular weight excluding hydrogens is 464 g/mol. The SMILES string of the molecule is COc1ccccc1[C@H](CNC(=O)C1CCN(S(=O)(=O)c2ccc(C#N)cc2)CC1)N1CCCC1. The first kappa shape index (κ1) is 25.2. The molecule has 8 nitrogen and oxygen atoms in total. The predicted octanol–water partition coefficient (Wildman–Crippen LogP) is 2.92. The van der Waals surface area contributed by atoms with Crippen molar-refractivity contribution >= 4 is 15.9 Å². The summed E-state index contributed by atoms with van der Waals surface area (Å²) in [5, 5.41) is 12.1. The number of methoxy groups -OCH3 is 1. The Balaban J connectivity index is 1.36. The molecule has 0 bridgehead atoms. The van der Waals surface area contributed by atoms with Crippen molar-refractivity contribution in [3.63, 3.8) is 0 Å². The Morgan fingerprint density at radius 2 is 1.74 bits per heavy atom. The summed E-state index contributed by atoms with van der Waals surface area (Å²) in [6.45, 7) is 3.06. The van der Waals surface area contributed by atoms with E-state index in [-0.39, 0.29) is 22.8 Å². The second kappa shape index (κ2) is 11.2. The monoisotopic (exact) mass is 496 g/mol. The van der Waals surface area contributed by atoms with Gasteiger partial charge in [-0.15, -0.1) is 0 Å². The van der Waals surface area contributed by atoms with Crippen LogP contribution >= 0.6 is 0 Å². The van der Waals surface area contributed by atoms with Crippen molar-refractivity contribution in [2.24, 2.45) is 5.92 Å². The van der Waals surface area contributed by atoms with Gasteiger partial charge in [-0.1, -0.05) is 18.2 Å². The fourth-order valence-corrected chi connectivity index (χ4v) is 6.45. The van der Waals surface area contributed by atoms with Crippen molar-refractivity contribution in [3.8, 4) is 11.8 Å². The number of benzene rings is 2. The highest BCUT2D eigenvalue weighted by Gasteiger charge is 2.33. The van der Waals surface area contributed by atoms with Crippen LogP contribution in [0.1, 0.15) is 42.9 Å². The number of piperidine rings is 1. The maximum Gasteiger partial charge on any atom is 0.243 e. The van der Waals surface area contributed by atoms with Crippen LogP contribution in [0.2, 0.25) is 0 Å². The molecule has 2 aliphatic heterocycles. The van der Waals surface area contributed by atoms with Gasteiger partial charge in [0.1, 0.15) is 5.75 Å². The molecule has 2 aromatic carbocycles. The van der Waals surface area contributed by atoms with Crippen molar-refractivity contribution < 1.29 is 17.9 Å². The topological polar surface area (TPSA) is 103 Å². The van der Waals surface area contributed by atoms with Crippen molar-refractivity contribution in [2.75, 3.05) is 39.8 Å². The van der Waals surface area contributed by atoms with Gasteiger partial charge in [0.15, 0.2) is 0 Å². The number of nitriles is 1. The molecule has 186 valence electrons. The van der Waals surface area contributed by atoms with Gasteiger partial charge < -0.3 is 10.1 Å². The minimum absolute atomic E-state index is 0.0282. The number of rotatable bonds is 8. The molecule has 1 N–H and O–H groups in total. The molecule has 2 aliphatic rings. The molecule has 2 aromatic rings. The van der Waals surface area contributed by atoms with E-state index in [9.17, 15) is 13.2 Å². The van der Waals surface area contributed by atoms with Crippen molar-refractivity contribution in [1.29, 1.82) is 5.26 Å². The van der Waals surface area contributed by atoms with Gasteiger partial charge in [0.25, 0.3) is 0 Å². The van der Waals surface area contributed by atoms with Gasteiger partial charge in [-0.3, -0.25) is 9.69 Å². The summed E-state index contributed by atoms with van der Waals surface area (Å²) in [4.78, 5) is 15.6. The summed E-state index contributed by atoms with van der Waals surface area (Å²) in [7, 11) is -1.98. The molecule has 2 heterocycles. The quantitative estimate of drug-likeness (QED) is 0.603. The zero-order valence-corrected chi connectivity index (χ0v) is 20.8. The Bertz CT molecular complexity index is 1160. The number of nitrogens with one attached hydrogen (secondary N) is 1. The summed E-state index contributed by atoms with van der Waals surface area (Å²) < 4.78 is 33.0. The molecule has 0 unspecified atom stereocenters. The number of carbonyl (C=O) groups is 1. The number of sulfonamides is 1. The fourth-order valence-electron chi connectivity index (χ4n) is 4.98. The van der Waals surface area contributed by atoms with E-state index >= 15 is 0 Å². The third kappa shape index (κ3) is 5.67. The van der Waals surface area contributed by atoms with Crippen LogP contribution < -0.4 is 10.1 Å². The van der Waals surface area contributed by atoms with E-state index in [1.807, 2.05) is 24.3 Å². The Hall–Kier alpha value is -2.93. The average molecular weight is 497 g/mol. The molecule has 0 spiro atoms. The van der Waals surface area contributed by atoms with E-state index in [4.69, 9.17) is 10.00 Å². The van der Waals surface area contributed by atoms with Gasteiger partial charge in [-0.05, 0) is 69.1 Å². The van der Waals surface area contributed by atoms with Crippen LogP contribution in [0.3, 0.4) is 0 Å². The first-order chi connectivity index (χ1) is 16.9. The zero-order chi connectivity index (χ0) is 24.8. The van der Waals surface area contributed by atoms with Gasteiger partial charge >= 0.3 is 0 Å². The normalized spacial score (nSPS) is 18.6.